The van der Waals surface area contributed by atoms with Crippen molar-refractivity contribution >= 4 is 11.6 Å². The van der Waals surface area contributed by atoms with Gasteiger partial charge in [-0.05, 0) is 30.5 Å². The summed E-state index contributed by atoms with van der Waals surface area (Å²) in [5, 5.41) is 9.76. The fourth-order valence-electron chi connectivity index (χ4n) is 2.45. The summed E-state index contributed by atoms with van der Waals surface area (Å²) in [6.45, 7) is 10.3. The van der Waals surface area contributed by atoms with Gasteiger partial charge in [0, 0.05) is 5.92 Å². The van der Waals surface area contributed by atoms with E-state index in [9.17, 15) is 9.90 Å². The van der Waals surface area contributed by atoms with Crippen LogP contribution in [0.25, 0.3) is 0 Å². The first-order valence-electron chi connectivity index (χ1n) is 7.61. The number of anilines is 1. The summed E-state index contributed by atoms with van der Waals surface area (Å²) < 4.78 is 6.01. The topological polar surface area (TPSA) is 49.8 Å². The lowest BCUT2D eigenvalue weighted by molar-refractivity contribution is -0.122. The molecule has 1 amide bonds. The van der Waals surface area contributed by atoms with Crippen LogP contribution in [-0.2, 0) is 4.79 Å². The lowest BCUT2D eigenvalue weighted by atomic mass is 10.0. The van der Waals surface area contributed by atoms with E-state index in [0.717, 1.165) is 17.0 Å². The number of carbonyl (C=O) groups is 1. The molecule has 1 N–H and O–H groups in total. The van der Waals surface area contributed by atoms with Gasteiger partial charge in [-0.25, -0.2) is 0 Å². The minimum absolute atomic E-state index is 0.00222. The summed E-state index contributed by atoms with van der Waals surface area (Å²) in [6, 6.07) is 5.56. The molecule has 21 heavy (non-hydrogen) atoms. The molecule has 1 aliphatic rings. The Morgan fingerprint density at radius 2 is 1.95 bits per heavy atom. The predicted molar refractivity (Wildman–Crippen MR) is 83.5 cm³/mol. The lowest BCUT2D eigenvalue weighted by Gasteiger charge is -2.37. The molecule has 0 radical (unpaired) electrons. The molecule has 116 valence electrons. The van der Waals surface area contributed by atoms with Crippen molar-refractivity contribution in [3.63, 3.8) is 0 Å². The first-order valence-corrected chi connectivity index (χ1v) is 7.61. The second kappa shape index (κ2) is 6.06. The van der Waals surface area contributed by atoms with Crippen LogP contribution in [0.3, 0.4) is 0 Å². The van der Waals surface area contributed by atoms with E-state index in [4.69, 9.17) is 4.74 Å². The van der Waals surface area contributed by atoms with Gasteiger partial charge < -0.3 is 14.7 Å². The van der Waals surface area contributed by atoms with Crippen LogP contribution in [0.2, 0.25) is 0 Å². The Kier molecular flexibility index (Phi) is 4.57. The lowest BCUT2D eigenvalue weighted by Crippen LogP contribution is -2.47. The van der Waals surface area contributed by atoms with Crippen LogP contribution in [0.1, 0.15) is 46.3 Å². The van der Waals surface area contributed by atoms with Crippen LogP contribution in [0.4, 0.5) is 5.69 Å². The standard InChI is InChI=1S/C17H25NO3/c1-10(2)16-9-18(17(20)11(3)4)14-8-13(12(5)19)6-7-15(14)21-16/h6-8,10-12,16,19H,9H2,1-5H3. The summed E-state index contributed by atoms with van der Waals surface area (Å²) >= 11 is 0. The average Bonchev–Trinajstić information content (AvgIpc) is 2.44. The smallest absolute Gasteiger partial charge is 0.229 e. The average molecular weight is 291 g/mol. The quantitative estimate of drug-likeness (QED) is 0.930. The van der Waals surface area contributed by atoms with Gasteiger partial charge in [0.15, 0.2) is 0 Å². The van der Waals surface area contributed by atoms with E-state index in [2.05, 4.69) is 13.8 Å². The monoisotopic (exact) mass is 291 g/mol. The van der Waals surface area contributed by atoms with Gasteiger partial charge in [-0.2, -0.15) is 0 Å². The summed E-state index contributed by atoms with van der Waals surface area (Å²) in [4.78, 5) is 14.3. The summed E-state index contributed by atoms with van der Waals surface area (Å²) in [5.41, 5.74) is 1.56. The van der Waals surface area contributed by atoms with Crippen LogP contribution in [0, 0.1) is 11.8 Å². The zero-order chi connectivity index (χ0) is 15.7. The van der Waals surface area contributed by atoms with Gasteiger partial charge in [-0.1, -0.05) is 33.8 Å². The summed E-state index contributed by atoms with van der Waals surface area (Å²) in [7, 11) is 0. The number of fused-ring (bicyclic) bond motifs is 1. The zero-order valence-electron chi connectivity index (χ0n) is 13.5. The second-order valence-electron chi connectivity index (χ2n) is 6.41. The van der Waals surface area contributed by atoms with E-state index < -0.39 is 6.10 Å². The van der Waals surface area contributed by atoms with Crippen molar-refractivity contribution in [2.24, 2.45) is 11.8 Å². The van der Waals surface area contributed by atoms with Gasteiger partial charge in [0.2, 0.25) is 5.91 Å². The molecule has 4 nitrogen and oxygen atoms in total. The van der Waals surface area contributed by atoms with Crippen LogP contribution in [0.5, 0.6) is 5.75 Å². The maximum atomic E-state index is 12.5. The van der Waals surface area contributed by atoms with E-state index in [0.29, 0.717) is 12.5 Å². The molecule has 2 atom stereocenters. The van der Waals surface area contributed by atoms with E-state index in [-0.39, 0.29) is 17.9 Å². The van der Waals surface area contributed by atoms with Gasteiger partial charge >= 0.3 is 0 Å². The van der Waals surface area contributed by atoms with Gasteiger partial charge in [0.05, 0.1) is 18.3 Å². The van der Waals surface area contributed by atoms with Crippen LogP contribution in [0.15, 0.2) is 18.2 Å². The molecule has 4 heteroatoms. The third-order valence-corrected chi connectivity index (χ3v) is 3.90. The number of aliphatic hydroxyl groups excluding tert-OH is 1. The minimum Gasteiger partial charge on any atom is -0.486 e. The number of ether oxygens (including phenoxy) is 1. The molecule has 0 saturated heterocycles. The summed E-state index contributed by atoms with van der Waals surface area (Å²) in [6.07, 6.45) is -0.563. The van der Waals surface area contributed by atoms with Gasteiger partial charge in [-0.3, -0.25) is 4.79 Å². The van der Waals surface area contributed by atoms with E-state index >= 15 is 0 Å². The molecular weight excluding hydrogens is 266 g/mol. The predicted octanol–water partition coefficient (Wildman–Crippen LogP) is 3.15. The minimum atomic E-state index is -0.561. The van der Waals surface area contributed by atoms with E-state index in [1.807, 2.05) is 32.0 Å². The highest BCUT2D eigenvalue weighted by molar-refractivity contribution is 5.96. The molecule has 0 spiro atoms. The number of rotatable bonds is 3. The Bertz CT molecular complexity index is 523. The number of hydrogen-bond donors (Lipinski definition) is 1. The molecule has 1 aliphatic heterocycles. The number of hydrogen-bond acceptors (Lipinski definition) is 3. The van der Waals surface area contributed by atoms with Crippen LogP contribution in [-0.4, -0.2) is 23.7 Å². The number of benzene rings is 1. The Hall–Kier alpha value is -1.55. The maximum Gasteiger partial charge on any atom is 0.229 e. The fraction of sp³-hybridized carbons (Fsp3) is 0.588. The van der Waals surface area contributed by atoms with Crippen LogP contribution < -0.4 is 9.64 Å². The number of aliphatic hydroxyl groups is 1. The molecule has 0 bridgehead atoms. The van der Waals surface area contributed by atoms with E-state index in [1.165, 1.54) is 0 Å². The number of carbonyl (C=O) groups excluding carboxylic acids is 1. The van der Waals surface area contributed by atoms with Crippen molar-refractivity contribution in [2.45, 2.75) is 46.8 Å². The Morgan fingerprint density at radius 3 is 2.48 bits per heavy atom. The largest absolute Gasteiger partial charge is 0.486 e. The Morgan fingerprint density at radius 1 is 1.29 bits per heavy atom. The third-order valence-electron chi connectivity index (χ3n) is 3.90. The molecule has 0 aliphatic carbocycles. The number of amides is 1. The molecule has 1 aromatic rings. The molecule has 2 unspecified atom stereocenters. The van der Waals surface area contributed by atoms with Crippen molar-refractivity contribution in [1.82, 2.24) is 0 Å². The first-order chi connectivity index (χ1) is 9.81. The summed E-state index contributed by atoms with van der Waals surface area (Å²) in [5.74, 6) is 1.07. The highest BCUT2D eigenvalue weighted by Crippen LogP contribution is 2.37. The zero-order valence-corrected chi connectivity index (χ0v) is 13.5. The first kappa shape index (κ1) is 15.8. The molecule has 0 aromatic heterocycles. The van der Waals surface area contributed by atoms with Crippen molar-refractivity contribution in [1.29, 1.82) is 0 Å². The Labute approximate surface area is 126 Å². The fourth-order valence-corrected chi connectivity index (χ4v) is 2.45. The highest BCUT2D eigenvalue weighted by Gasteiger charge is 2.32. The van der Waals surface area contributed by atoms with Gasteiger partial charge in [-0.15, -0.1) is 0 Å². The molecular formula is C17H25NO3. The molecule has 0 saturated carbocycles. The van der Waals surface area contributed by atoms with Gasteiger partial charge in [0.1, 0.15) is 11.9 Å². The van der Waals surface area contributed by atoms with Gasteiger partial charge in [0.25, 0.3) is 0 Å². The molecule has 1 aromatic carbocycles. The van der Waals surface area contributed by atoms with E-state index in [1.54, 1.807) is 11.8 Å². The van der Waals surface area contributed by atoms with Crippen molar-refractivity contribution in [3.05, 3.63) is 23.8 Å². The maximum absolute atomic E-state index is 12.5. The molecule has 1 heterocycles. The highest BCUT2D eigenvalue weighted by atomic mass is 16.5. The van der Waals surface area contributed by atoms with Crippen LogP contribution >= 0.6 is 0 Å². The molecule has 2 rings (SSSR count). The van der Waals surface area contributed by atoms with Crippen molar-refractivity contribution in [2.75, 3.05) is 11.4 Å². The number of nitrogens with zero attached hydrogens (tertiary/aromatic N) is 1. The van der Waals surface area contributed by atoms with Crippen molar-refractivity contribution < 1.29 is 14.6 Å². The SMILES string of the molecule is CC(C)C(=O)N1CC(C(C)C)Oc2ccc(C(C)O)cc21. The third kappa shape index (κ3) is 3.21. The second-order valence-corrected chi connectivity index (χ2v) is 6.41. The van der Waals surface area contributed by atoms with Crippen molar-refractivity contribution in [3.8, 4) is 5.75 Å². The Balaban J connectivity index is 2.45. The molecule has 0 fully saturated rings. The normalized spacial score (nSPS) is 19.4.